The molecule has 0 fully saturated rings. The molecule has 0 atom stereocenters. The Hall–Kier alpha value is -1.55. The number of benzene rings is 1. The van der Waals surface area contributed by atoms with Crippen LogP contribution in [-0.2, 0) is 6.42 Å². The van der Waals surface area contributed by atoms with Crippen LogP contribution >= 0.6 is 0 Å². The van der Waals surface area contributed by atoms with Gasteiger partial charge >= 0.3 is 0 Å². The lowest BCUT2D eigenvalue weighted by Crippen LogP contribution is -1.78. The Balaban J connectivity index is 2.28. The molecule has 1 aromatic carbocycles. The van der Waals surface area contributed by atoms with Crippen LogP contribution in [0.1, 0.15) is 18.4 Å². The standard InChI is InChI=1S/C12H13N/c13-11-7-2-1-4-8-12-9-5-3-6-10-12/h1,3-6,9-10H,2,7-8H2/b4-1+. The van der Waals surface area contributed by atoms with Crippen LogP contribution in [0.3, 0.4) is 0 Å². The highest BCUT2D eigenvalue weighted by molar-refractivity contribution is 5.17. The third-order valence-electron chi connectivity index (χ3n) is 1.79. The van der Waals surface area contributed by atoms with Crippen molar-refractivity contribution in [3.8, 4) is 6.07 Å². The first-order valence-corrected chi connectivity index (χ1v) is 4.49. The van der Waals surface area contributed by atoms with Gasteiger partial charge < -0.3 is 0 Å². The Morgan fingerprint density at radius 1 is 1.15 bits per heavy atom. The van der Waals surface area contributed by atoms with Crippen molar-refractivity contribution >= 4 is 0 Å². The SMILES string of the molecule is N#CCC/C=C/Cc1ccccc1. The molecule has 0 spiro atoms. The fourth-order valence-corrected chi connectivity index (χ4v) is 1.10. The van der Waals surface area contributed by atoms with Gasteiger partial charge in [-0.1, -0.05) is 42.5 Å². The number of nitrogens with zero attached hydrogens (tertiary/aromatic N) is 1. The maximum absolute atomic E-state index is 8.30. The molecule has 1 aromatic rings. The van der Waals surface area contributed by atoms with E-state index in [0.29, 0.717) is 6.42 Å². The summed E-state index contributed by atoms with van der Waals surface area (Å²) in [6.07, 6.45) is 6.63. The molecule has 0 aliphatic heterocycles. The van der Waals surface area contributed by atoms with Crippen molar-refractivity contribution < 1.29 is 0 Å². The number of hydrogen-bond donors (Lipinski definition) is 0. The van der Waals surface area contributed by atoms with E-state index in [1.807, 2.05) is 18.2 Å². The molecule has 0 aromatic heterocycles. The van der Waals surface area contributed by atoms with Gasteiger partial charge in [-0.3, -0.25) is 0 Å². The lowest BCUT2D eigenvalue weighted by molar-refractivity contribution is 1.05. The van der Waals surface area contributed by atoms with Gasteiger partial charge in [0.25, 0.3) is 0 Å². The summed E-state index contributed by atoms with van der Waals surface area (Å²) in [6.45, 7) is 0. The summed E-state index contributed by atoms with van der Waals surface area (Å²) in [5, 5.41) is 8.30. The number of hydrogen-bond acceptors (Lipinski definition) is 1. The van der Waals surface area contributed by atoms with Crippen LogP contribution < -0.4 is 0 Å². The van der Waals surface area contributed by atoms with Crippen LogP contribution in [0.5, 0.6) is 0 Å². The highest BCUT2D eigenvalue weighted by Gasteiger charge is 1.85. The van der Waals surface area contributed by atoms with E-state index in [1.54, 1.807) is 0 Å². The van der Waals surface area contributed by atoms with Gasteiger partial charge in [-0.2, -0.15) is 5.26 Å². The Morgan fingerprint density at radius 3 is 2.62 bits per heavy atom. The number of allylic oxidation sites excluding steroid dienone is 2. The predicted octanol–water partition coefficient (Wildman–Crippen LogP) is 3.09. The molecule has 0 saturated heterocycles. The largest absolute Gasteiger partial charge is 0.198 e. The zero-order valence-electron chi connectivity index (χ0n) is 7.61. The van der Waals surface area contributed by atoms with Crippen LogP contribution in [0.2, 0.25) is 0 Å². The Kier molecular flexibility index (Phi) is 4.42. The van der Waals surface area contributed by atoms with Crippen LogP contribution in [-0.4, -0.2) is 0 Å². The maximum atomic E-state index is 8.30. The second kappa shape index (κ2) is 6.02. The molecule has 0 bridgehead atoms. The molecule has 66 valence electrons. The summed E-state index contributed by atoms with van der Waals surface area (Å²) >= 11 is 0. The van der Waals surface area contributed by atoms with E-state index in [4.69, 9.17) is 5.26 Å². The van der Waals surface area contributed by atoms with Crippen molar-refractivity contribution in [2.75, 3.05) is 0 Å². The van der Waals surface area contributed by atoms with Gasteiger partial charge in [0, 0.05) is 6.42 Å². The normalized spacial score (nSPS) is 10.1. The summed E-state index contributed by atoms with van der Waals surface area (Å²) in [5.74, 6) is 0. The third kappa shape index (κ3) is 4.12. The highest BCUT2D eigenvalue weighted by atomic mass is 14.2. The summed E-state index contributed by atoms with van der Waals surface area (Å²) in [4.78, 5) is 0. The van der Waals surface area contributed by atoms with Crippen LogP contribution in [0.15, 0.2) is 42.5 Å². The minimum absolute atomic E-state index is 0.616. The number of unbranched alkanes of at least 4 members (excludes halogenated alkanes) is 1. The second-order valence-corrected chi connectivity index (χ2v) is 2.86. The number of rotatable bonds is 4. The van der Waals surface area contributed by atoms with Crippen molar-refractivity contribution in [3.05, 3.63) is 48.0 Å². The first-order valence-electron chi connectivity index (χ1n) is 4.49. The average Bonchev–Trinajstić information content (AvgIpc) is 2.19. The van der Waals surface area contributed by atoms with Gasteiger partial charge in [-0.05, 0) is 18.4 Å². The quantitative estimate of drug-likeness (QED) is 0.504. The minimum Gasteiger partial charge on any atom is -0.198 e. The molecule has 0 saturated carbocycles. The maximum Gasteiger partial charge on any atom is 0.0624 e. The minimum atomic E-state index is 0.616. The monoisotopic (exact) mass is 171 g/mol. The molecule has 13 heavy (non-hydrogen) atoms. The fourth-order valence-electron chi connectivity index (χ4n) is 1.10. The van der Waals surface area contributed by atoms with Crippen molar-refractivity contribution in [3.63, 3.8) is 0 Å². The van der Waals surface area contributed by atoms with Gasteiger partial charge in [0.15, 0.2) is 0 Å². The molecule has 0 unspecified atom stereocenters. The van der Waals surface area contributed by atoms with Gasteiger partial charge in [0.1, 0.15) is 0 Å². The van der Waals surface area contributed by atoms with E-state index in [-0.39, 0.29) is 0 Å². The van der Waals surface area contributed by atoms with Crippen molar-refractivity contribution in [2.24, 2.45) is 0 Å². The van der Waals surface area contributed by atoms with E-state index in [0.717, 1.165) is 12.8 Å². The topological polar surface area (TPSA) is 23.8 Å². The molecule has 1 nitrogen and oxygen atoms in total. The molecule has 0 radical (unpaired) electrons. The van der Waals surface area contributed by atoms with E-state index in [2.05, 4.69) is 30.4 Å². The summed E-state index contributed by atoms with van der Waals surface area (Å²) < 4.78 is 0. The second-order valence-electron chi connectivity index (χ2n) is 2.86. The Morgan fingerprint density at radius 2 is 1.92 bits per heavy atom. The van der Waals surface area contributed by atoms with Gasteiger partial charge in [0.05, 0.1) is 6.07 Å². The molecular formula is C12H13N. The average molecular weight is 171 g/mol. The van der Waals surface area contributed by atoms with Crippen LogP contribution in [0, 0.1) is 11.3 Å². The van der Waals surface area contributed by atoms with E-state index in [1.165, 1.54) is 5.56 Å². The summed E-state index contributed by atoms with van der Waals surface area (Å²) in [6, 6.07) is 12.4. The van der Waals surface area contributed by atoms with Crippen molar-refractivity contribution in [1.82, 2.24) is 0 Å². The summed E-state index contributed by atoms with van der Waals surface area (Å²) in [7, 11) is 0. The van der Waals surface area contributed by atoms with Gasteiger partial charge in [0.2, 0.25) is 0 Å². The molecule has 1 heteroatoms. The predicted molar refractivity (Wildman–Crippen MR) is 54.1 cm³/mol. The lowest BCUT2D eigenvalue weighted by Gasteiger charge is -1.93. The molecule has 0 N–H and O–H groups in total. The van der Waals surface area contributed by atoms with Gasteiger partial charge in [-0.15, -0.1) is 0 Å². The molecule has 0 aliphatic carbocycles. The third-order valence-corrected chi connectivity index (χ3v) is 1.79. The van der Waals surface area contributed by atoms with Crippen LogP contribution in [0.4, 0.5) is 0 Å². The van der Waals surface area contributed by atoms with E-state index < -0.39 is 0 Å². The zero-order valence-corrected chi connectivity index (χ0v) is 7.61. The molecular weight excluding hydrogens is 158 g/mol. The Labute approximate surface area is 79.3 Å². The highest BCUT2D eigenvalue weighted by Crippen LogP contribution is 2.00. The Bertz CT molecular complexity index is 293. The number of nitriles is 1. The molecule has 0 aliphatic rings. The summed E-state index contributed by atoms with van der Waals surface area (Å²) in [5.41, 5.74) is 1.32. The van der Waals surface area contributed by atoms with E-state index >= 15 is 0 Å². The fraction of sp³-hybridized carbons (Fsp3) is 0.250. The molecule has 1 rings (SSSR count). The van der Waals surface area contributed by atoms with Crippen LogP contribution in [0.25, 0.3) is 0 Å². The van der Waals surface area contributed by atoms with E-state index in [9.17, 15) is 0 Å². The molecule has 0 amide bonds. The zero-order chi connectivity index (χ0) is 9.36. The first kappa shape index (κ1) is 9.54. The van der Waals surface area contributed by atoms with Crippen molar-refractivity contribution in [1.29, 1.82) is 5.26 Å². The van der Waals surface area contributed by atoms with Gasteiger partial charge in [-0.25, -0.2) is 0 Å². The first-order chi connectivity index (χ1) is 6.43. The molecule has 0 heterocycles. The van der Waals surface area contributed by atoms with Crippen molar-refractivity contribution in [2.45, 2.75) is 19.3 Å². The smallest absolute Gasteiger partial charge is 0.0624 e. The lowest BCUT2D eigenvalue weighted by atomic mass is 10.1.